The van der Waals surface area contributed by atoms with E-state index in [9.17, 15) is 0 Å². The number of benzene rings is 1. The average Bonchev–Trinajstić information content (AvgIpc) is 2.01. The normalized spacial score (nSPS) is 9.91. The third-order valence-electron chi connectivity index (χ3n) is 1.02. The van der Waals surface area contributed by atoms with E-state index in [2.05, 4.69) is 9.37 Å². The lowest BCUT2D eigenvalue weighted by Gasteiger charge is -1.97. The van der Waals surface area contributed by atoms with Crippen molar-refractivity contribution in [3.63, 3.8) is 0 Å². The van der Waals surface area contributed by atoms with Crippen LogP contribution < -0.4 is 5.73 Å². The minimum Gasteiger partial charge on any atom is -0.399 e. The summed E-state index contributed by atoms with van der Waals surface area (Å²) in [5.41, 5.74) is 6.09. The molecule has 0 amide bonds. The molecule has 0 spiro atoms. The van der Waals surface area contributed by atoms with Crippen molar-refractivity contribution in [2.75, 3.05) is 5.73 Å². The molecule has 5 heteroatoms. The van der Waals surface area contributed by atoms with Crippen molar-refractivity contribution in [3.8, 4) is 0 Å². The van der Waals surface area contributed by atoms with Crippen molar-refractivity contribution in [3.05, 3.63) is 24.3 Å². The summed E-state index contributed by atoms with van der Waals surface area (Å²) in [4.78, 5) is 0.763. The highest BCUT2D eigenvalue weighted by Crippen LogP contribution is 2.20. The van der Waals surface area contributed by atoms with Crippen LogP contribution in [0.1, 0.15) is 0 Å². The number of hydrogen-bond donors (Lipinski definition) is 2. The van der Waals surface area contributed by atoms with Gasteiger partial charge in [-0.25, -0.2) is 5.26 Å². The Labute approximate surface area is 68.0 Å². The molecule has 0 unspecified atom stereocenters. The molecule has 11 heavy (non-hydrogen) atoms. The second-order valence-electron chi connectivity index (χ2n) is 1.80. The van der Waals surface area contributed by atoms with Gasteiger partial charge in [-0.05, 0) is 18.2 Å². The summed E-state index contributed by atoms with van der Waals surface area (Å²) in [6.45, 7) is 0. The molecule has 0 aliphatic rings. The van der Waals surface area contributed by atoms with Gasteiger partial charge in [0, 0.05) is 10.6 Å². The van der Waals surface area contributed by atoms with Crippen LogP contribution in [-0.2, 0) is 9.37 Å². The fraction of sp³-hybridized carbons (Fsp3) is 0. The Hall–Kier alpha value is -0.750. The summed E-state index contributed by atoms with van der Waals surface area (Å²) < 4.78 is 4.19. The Morgan fingerprint density at radius 3 is 2.91 bits per heavy atom. The molecule has 0 fully saturated rings. The van der Waals surface area contributed by atoms with Gasteiger partial charge in [-0.15, -0.1) is 4.33 Å². The summed E-state index contributed by atoms with van der Waals surface area (Å²) in [6, 6.07) is 7.01. The molecule has 0 aromatic heterocycles. The van der Waals surface area contributed by atoms with E-state index in [1.54, 1.807) is 24.3 Å². The third kappa shape index (κ3) is 2.77. The lowest BCUT2D eigenvalue weighted by molar-refractivity contribution is -0.432. The van der Waals surface area contributed by atoms with Gasteiger partial charge in [-0.1, -0.05) is 11.1 Å². The molecule has 3 N–H and O–H groups in total. The van der Waals surface area contributed by atoms with Crippen LogP contribution in [0.4, 0.5) is 5.69 Å². The first-order chi connectivity index (χ1) is 5.33. The van der Waals surface area contributed by atoms with Gasteiger partial charge >= 0.3 is 0 Å². The van der Waals surface area contributed by atoms with Crippen LogP contribution >= 0.6 is 12.0 Å². The van der Waals surface area contributed by atoms with Gasteiger partial charge in [-0.3, -0.25) is 0 Å². The van der Waals surface area contributed by atoms with Gasteiger partial charge in [0.25, 0.3) is 0 Å². The van der Waals surface area contributed by atoms with E-state index in [1.165, 1.54) is 0 Å². The highest BCUT2D eigenvalue weighted by molar-refractivity contribution is 7.94. The topological polar surface area (TPSA) is 64.7 Å². The second-order valence-corrected chi connectivity index (χ2v) is 2.57. The molecule has 0 radical (unpaired) electrons. The standard InChI is InChI=1S/C6H7NO3S/c7-5-2-1-3-6(4-5)11-10-9-8/h1-4,8H,7H2. The fourth-order valence-electron chi connectivity index (χ4n) is 0.621. The van der Waals surface area contributed by atoms with Gasteiger partial charge in [0.15, 0.2) is 0 Å². The Bertz CT molecular complexity index is 231. The van der Waals surface area contributed by atoms with E-state index in [4.69, 9.17) is 11.0 Å². The van der Waals surface area contributed by atoms with Gasteiger partial charge in [0.05, 0.1) is 12.0 Å². The average molecular weight is 173 g/mol. The fourth-order valence-corrected chi connectivity index (χ4v) is 1.05. The zero-order valence-corrected chi connectivity index (χ0v) is 6.38. The lowest BCUT2D eigenvalue weighted by Crippen LogP contribution is -1.84. The minimum atomic E-state index is 0.636. The van der Waals surface area contributed by atoms with Crippen LogP contribution in [0.15, 0.2) is 29.2 Å². The zero-order chi connectivity index (χ0) is 8.10. The van der Waals surface area contributed by atoms with E-state index in [-0.39, 0.29) is 0 Å². The monoisotopic (exact) mass is 173 g/mol. The van der Waals surface area contributed by atoms with Crippen molar-refractivity contribution in [1.82, 2.24) is 0 Å². The van der Waals surface area contributed by atoms with E-state index >= 15 is 0 Å². The molecule has 0 aliphatic heterocycles. The number of hydrogen-bond acceptors (Lipinski definition) is 5. The van der Waals surface area contributed by atoms with E-state index in [0.29, 0.717) is 5.69 Å². The molecule has 1 rings (SSSR count). The molecule has 0 bridgehead atoms. The number of anilines is 1. The molecule has 60 valence electrons. The van der Waals surface area contributed by atoms with Crippen LogP contribution in [0.25, 0.3) is 0 Å². The molecular weight excluding hydrogens is 166 g/mol. The minimum absolute atomic E-state index is 0.636. The Morgan fingerprint density at radius 2 is 2.27 bits per heavy atom. The maximum absolute atomic E-state index is 7.82. The summed E-state index contributed by atoms with van der Waals surface area (Å²) in [5, 5.41) is 11.2. The predicted molar refractivity (Wildman–Crippen MR) is 41.5 cm³/mol. The van der Waals surface area contributed by atoms with Crippen molar-refractivity contribution in [2.24, 2.45) is 0 Å². The maximum atomic E-state index is 7.82. The van der Waals surface area contributed by atoms with Crippen molar-refractivity contribution < 1.29 is 14.6 Å². The second kappa shape index (κ2) is 4.20. The Morgan fingerprint density at radius 1 is 1.45 bits per heavy atom. The van der Waals surface area contributed by atoms with Gasteiger partial charge < -0.3 is 5.73 Å². The highest BCUT2D eigenvalue weighted by Gasteiger charge is 1.94. The molecule has 1 aromatic carbocycles. The first kappa shape index (κ1) is 8.35. The molecule has 0 heterocycles. The van der Waals surface area contributed by atoms with Crippen LogP contribution in [0.2, 0.25) is 0 Å². The van der Waals surface area contributed by atoms with Gasteiger partial charge in [0.2, 0.25) is 0 Å². The molecule has 0 aliphatic carbocycles. The summed E-state index contributed by atoms with van der Waals surface area (Å²) >= 11 is 0.882. The third-order valence-corrected chi connectivity index (χ3v) is 1.59. The van der Waals surface area contributed by atoms with Crippen LogP contribution in [0, 0.1) is 0 Å². The lowest BCUT2D eigenvalue weighted by atomic mass is 10.3. The molecule has 1 aromatic rings. The van der Waals surface area contributed by atoms with E-state index < -0.39 is 0 Å². The van der Waals surface area contributed by atoms with Crippen molar-refractivity contribution in [2.45, 2.75) is 4.90 Å². The Balaban J connectivity index is 2.56. The maximum Gasteiger partial charge on any atom is 0.0715 e. The number of rotatable bonds is 3. The van der Waals surface area contributed by atoms with Crippen LogP contribution in [0.3, 0.4) is 0 Å². The summed E-state index contributed by atoms with van der Waals surface area (Å²) in [7, 11) is 0. The van der Waals surface area contributed by atoms with Crippen molar-refractivity contribution >= 4 is 17.7 Å². The van der Waals surface area contributed by atoms with Crippen LogP contribution in [0.5, 0.6) is 0 Å². The number of nitrogens with two attached hydrogens (primary N) is 1. The molecular formula is C6H7NO3S. The largest absolute Gasteiger partial charge is 0.399 e. The zero-order valence-electron chi connectivity index (χ0n) is 5.56. The Kier molecular flexibility index (Phi) is 3.18. The van der Waals surface area contributed by atoms with E-state index in [0.717, 1.165) is 16.9 Å². The smallest absolute Gasteiger partial charge is 0.0715 e. The SMILES string of the molecule is Nc1cccc(SOOO)c1. The highest BCUT2D eigenvalue weighted by atomic mass is 32.2. The van der Waals surface area contributed by atoms with E-state index in [1.807, 2.05) is 0 Å². The summed E-state index contributed by atoms with van der Waals surface area (Å²) in [6.07, 6.45) is 0. The first-order valence-electron chi connectivity index (χ1n) is 2.83. The quantitative estimate of drug-likeness (QED) is 0.315. The summed E-state index contributed by atoms with van der Waals surface area (Å²) in [5.74, 6) is 0. The number of nitrogen functional groups attached to an aromatic ring is 1. The molecule has 0 saturated heterocycles. The molecule has 0 atom stereocenters. The predicted octanol–water partition coefficient (Wildman–Crippen LogP) is 1.70. The van der Waals surface area contributed by atoms with Crippen molar-refractivity contribution in [1.29, 1.82) is 0 Å². The molecule has 4 nitrogen and oxygen atoms in total. The van der Waals surface area contributed by atoms with Gasteiger partial charge in [0.1, 0.15) is 0 Å². The van der Waals surface area contributed by atoms with Crippen LogP contribution in [-0.4, -0.2) is 5.26 Å². The first-order valence-corrected chi connectivity index (χ1v) is 3.57. The molecule has 0 saturated carbocycles. The van der Waals surface area contributed by atoms with Gasteiger partial charge in [-0.2, -0.15) is 0 Å².